The highest BCUT2D eigenvalue weighted by atomic mass is 32.2. The van der Waals surface area contributed by atoms with E-state index in [2.05, 4.69) is 13.8 Å². The van der Waals surface area contributed by atoms with Gasteiger partial charge in [-0.2, -0.15) is 16.8 Å². The maximum atomic E-state index is 12.3. The summed E-state index contributed by atoms with van der Waals surface area (Å²) < 4.78 is 68.9. The Labute approximate surface area is 192 Å². The first kappa shape index (κ1) is 26.8. The van der Waals surface area contributed by atoms with Crippen LogP contribution in [-0.4, -0.2) is 25.9 Å². The van der Waals surface area contributed by atoms with E-state index < -0.39 is 30.0 Å². The first-order chi connectivity index (χ1) is 15.1. The molecule has 8 heteroatoms. The highest BCUT2D eigenvalue weighted by molar-refractivity contribution is 7.89. The molecule has 1 unspecified atom stereocenters. The van der Waals surface area contributed by atoms with Gasteiger partial charge in [-0.05, 0) is 29.4 Å². The summed E-state index contributed by atoms with van der Waals surface area (Å²) in [5.41, 5.74) is 0.244. The van der Waals surface area contributed by atoms with Gasteiger partial charge in [-0.25, -0.2) is 0 Å². The van der Waals surface area contributed by atoms with Crippen LogP contribution in [0.4, 0.5) is 0 Å². The zero-order valence-electron chi connectivity index (χ0n) is 19.1. The number of fused-ring (bicyclic) bond motifs is 1. The summed E-state index contributed by atoms with van der Waals surface area (Å²) in [5, 5.41) is 0.589. The molecule has 2 aromatic carbocycles. The molecule has 6 nitrogen and oxygen atoms in total. The predicted molar refractivity (Wildman–Crippen MR) is 128 cm³/mol. The largest absolute Gasteiger partial charge is 0.296 e. The average Bonchev–Trinajstić information content (AvgIpc) is 2.71. The van der Waals surface area contributed by atoms with Crippen LogP contribution in [0.5, 0.6) is 0 Å². The van der Waals surface area contributed by atoms with E-state index in [1.54, 1.807) is 24.3 Å². The second kappa shape index (κ2) is 12.1. The van der Waals surface area contributed by atoms with Crippen molar-refractivity contribution in [3.8, 4) is 0 Å². The third kappa shape index (κ3) is 7.54. The van der Waals surface area contributed by atoms with Gasteiger partial charge in [-0.1, -0.05) is 102 Å². The molecule has 2 N–H and O–H groups in total. The van der Waals surface area contributed by atoms with Crippen LogP contribution in [0, 0.1) is 5.92 Å². The van der Waals surface area contributed by atoms with E-state index in [1.165, 1.54) is 12.5 Å². The van der Waals surface area contributed by atoms with E-state index in [0.29, 0.717) is 11.8 Å². The van der Waals surface area contributed by atoms with Crippen LogP contribution in [0.15, 0.2) is 40.1 Å². The summed E-state index contributed by atoms with van der Waals surface area (Å²) in [5.74, 6) is 0.166. The maximum absolute atomic E-state index is 12.3. The van der Waals surface area contributed by atoms with Gasteiger partial charge in [0, 0.05) is 5.39 Å². The van der Waals surface area contributed by atoms with Crippen molar-refractivity contribution in [3.63, 3.8) is 0 Å². The molecule has 0 amide bonds. The molecule has 0 heterocycles. The van der Waals surface area contributed by atoms with Crippen molar-refractivity contribution in [2.45, 2.75) is 94.3 Å². The molecule has 0 aliphatic carbocycles. The number of hydrogen-bond donors (Lipinski definition) is 2. The molecule has 32 heavy (non-hydrogen) atoms. The molecular weight excluding hydrogens is 448 g/mol. The van der Waals surface area contributed by atoms with Gasteiger partial charge in [0.2, 0.25) is 0 Å². The van der Waals surface area contributed by atoms with Gasteiger partial charge in [0.15, 0.2) is 0 Å². The highest BCUT2D eigenvalue weighted by Gasteiger charge is 2.30. The molecule has 2 aromatic rings. The fourth-order valence-corrected chi connectivity index (χ4v) is 6.70. The van der Waals surface area contributed by atoms with E-state index >= 15 is 0 Å². The minimum Gasteiger partial charge on any atom is -0.282 e. The van der Waals surface area contributed by atoms with Gasteiger partial charge in [0.25, 0.3) is 20.2 Å². The molecule has 180 valence electrons. The van der Waals surface area contributed by atoms with E-state index in [4.69, 9.17) is 0 Å². The molecule has 0 bridgehead atoms. The topological polar surface area (TPSA) is 109 Å². The Morgan fingerprint density at radius 2 is 1.28 bits per heavy atom. The molecule has 0 saturated heterocycles. The fraction of sp³-hybridized carbons (Fsp3) is 0.583. The van der Waals surface area contributed by atoms with E-state index in [1.807, 2.05) is 0 Å². The van der Waals surface area contributed by atoms with E-state index in [9.17, 15) is 25.9 Å². The molecule has 0 radical (unpaired) electrons. The zero-order chi connectivity index (χ0) is 23.8. The summed E-state index contributed by atoms with van der Waals surface area (Å²) in [6.45, 7) is 4.29. The third-order valence-corrected chi connectivity index (χ3v) is 8.04. The van der Waals surface area contributed by atoms with Crippen LogP contribution in [0.1, 0.15) is 83.6 Å². The van der Waals surface area contributed by atoms with Crippen LogP contribution in [0.2, 0.25) is 0 Å². The lowest BCUT2D eigenvalue weighted by atomic mass is 9.88. The summed E-state index contributed by atoms with van der Waals surface area (Å²) in [4.78, 5) is -1.42. The van der Waals surface area contributed by atoms with Crippen LogP contribution in [0.25, 0.3) is 10.8 Å². The van der Waals surface area contributed by atoms with Crippen molar-refractivity contribution in [1.82, 2.24) is 0 Å². The minimum atomic E-state index is -4.89. The molecule has 1 atom stereocenters. The lowest BCUT2D eigenvalue weighted by Gasteiger charge is -2.20. The Morgan fingerprint density at radius 3 is 1.88 bits per heavy atom. The monoisotopic (exact) mass is 484 g/mol. The summed E-state index contributed by atoms with van der Waals surface area (Å²) in [7, 11) is -9.77. The quantitative estimate of drug-likeness (QED) is 0.236. The molecule has 0 aliphatic rings. The van der Waals surface area contributed by atoms with Crippen LogP contribution in [0.3, 0.4) is 0 Å². The SMILES string of the molecule is CCCCCCCC(CCCCC)Cc1cc2ccccc2c(S(=O)(=O)O)c1S(=O)(=O)O. The van der Waals surface area contributed by atoms with Crippen molar-refractivity contribution >= 4 is 31.0 Å². The lowest BCUT2D eigenvalue weighted by Crippen LogP contribution is -2.15. The first-order valence-corrected chi connectivity index (χ1v) is 14.5. The summed E-state index contributed by atoms with van der Waals surface area (Å²) in [6, 6.07) is 8.03. The molecule has 0 aliphatic heterocycles. The van der Waals surface area contributed by atoms with Crippen molar-refractivity contribution < 1.29 is 25.9 Å². The van der Waals surface area contributed by atoms with Crippen LogP contribution < -0.4 is 0 Å². The Hall–Kier alpha value is -1.48. The average molecular weight is 485 g/mol. The van der Waals surface area contributed by atoms with Crippen LogP contribution >= 0.6 is 0 Å². The van der Waals surface area contributed by atoms with E-state index in [-0.39, 0.29) is 16.9 Å². The molecular formula is C24H36O6S2. The minimum absolute atomic E-state index is 0.0773. The third-order valence-electron chi connectivity index (χ3n) is 5.99. The number of hydrogen-bond acceptors (Lipinski definition) is 4. The second-order valence-corrected chi connectivity index (χ2v) is 11.4. The Balaban J connectivity index is 2.51. The van der Waals surface area contributed by atoms with Gasteiger partial charge < -0.3 is 0 Å². The van der Waals surface area contributed by atoms with Gasteiger partial charge in [-0.15, -0.1) is 0 Å². The van der Waals surface area contributed by atoms with Crippen molar-refractivity contribution in [1.29, 1.82) is 0 Å². The highest BCUT2D eigenvalue weighted by Crippen LogP contribution is 2.35. The van der Waals surface area contributed by atoms with Gasteiger partial charge >= 0.3 is 0 Å². The normalized spacial score (nSPS) is 13.5. The Morgan fingerprint density at radius 1 is 0.750 bits per heavy atom. The summed E-state index contributed by atoms with van der Waals surface area (Å²) >= 11 is 0. The van der Waals surface area contributed by atoms with Gasteiger partial charge in [0.05, 0.1) is 0 Å². The van der Waals surface area contributed by atoms with Gasteiger partial charge in [0.1, 0.15) is 9.79 Å². The van der Waals surface area contributed by atoms with Crippen molar-refractivity contribution in [2.75, 3.05) is 0 Å². The van der Waals surface area contributed by atoms with Gasteiger partial charge in [-0.3, -0.25) is 9.11 Å². The standard InChI is InChI=1S/C24H36O6S2/c1-3-5-7-8-10-14-19(13-9-6-4-2)17-21-18-20-15-11-12-16-22(20)24(32(28,29)30)23(21)31(25,26)27/h11-12,15-16,18-19H,3-10,13-14,17H2,1-2H3,(H,25,26,27)(H,28,29,30). The van der Waals surface area contributed by atoms with Crippen LogP contribution in [-0.2, 0) is 26.7 Å². The fourth-order valence-electron chi connectivity index (χ4n) is 4.42. The first-order valence-electron chi connectivity index (χ1n) is 11.6. The molecule has 0 aromatic heterocycles. The zero-order valence-corrected chi connectivity index (χ0v) is 20.7. The smallest absolute Gasteiger partial charge is 0.282 e. The number of benzene rings is 2. The molecule has 0 spiro atoms. The molecule has 0 fully saturated rings. The Kier molecular flexibility index (Phi) is 10.1. The predicted octanol–water partition coefficient (Wildman–Crippen LogP) is 6.43. The lowest BCUT2D eigenvalue weighted by molar-refractivity contribution is 0.400. The molecule has 2 rings (SSSR count). The van der Waals surface area contributed by atoms with Crippen molar-refractivity contribution in [2.24, 2.45) is 5.92 Å². The summed E-state index contributed by atoms with van der Waals surface area (Å²) in [6.07, 6.45) is 10.9. The second-order valence-electron chi connectivity index (χ2n) is 8.63. The Bertz CT molecular complexity index is 1090. The number of unbranched alkanes of at least 4 members (excludes halogenated alkanes) is 6. The van der Waals surface area contributed by atoms with E-state index in [0.717, 1.165) is 57.8 Å². The van der Waals surface area contributed by atoms with Crippen molar-refractivity contribution in [3.05, 3.63) is 35.9 Å². The maximum Gasteiger partial charge on any atom is 0.296 e. The molecule has 0 saturated carbocycles. The number of rotatable bonds is 14.